The molecule has 3 aromatic carbocycles. The summed E-state index contributed by atoms with van der Waals surface area (Å²) in [7, 11) is 0. The highest BCUT2D eigenvalue weighted by atomic mass is 35.5. The summed E-state index contributed by atoms with van der Waals surface area (Å²) >= 11 is 6.22. The molecule has 1 N–H and O–H groups in total. The number of nitrogens with zero attached hydrogens (tertiary/aromatic N) is 3. The van der Waals surface area contributed by atoms with Crippen LogP contribution in [-0.4, -0.2) is 16.2 Å². The fourth-order valence-corrected chi connectivity index (χ4v) is 4.26. The van der Waals surface area contributed by atoms with E-state index in [0.29, 0.717) is 38.7 Å². The molecule has 4 aromatic rings. The van der Waals surface area contributed by atoms with Crippen molar-refractivity contribution in [2.45, 2.75) is 19.9 Å². The first-order chi connectivity index (χ1) is 16.8. The van der Waals surface area contributed by atoms with Gasteiger partial charge in [-0.1, -0.05) is 47.1 Å². The Morgan fingerprint density at radius 3 is 2.57 bits per heavy atom. The molecule has 0 saturated carbocycles. The molecule has 1 atom stereocenters. The maximum absolute atomic E-state index is 14.4. The molecule has 0 saturated heterocycles. The van der Waals surface area contributed by atoms with Gasteiger partial charge in [0.2, 0.25) is 5.82 Å². The number of benzene rings is 3. The van der Waals surface area contributed by atoms with Gasteiger partial charge in [0.1, 0.15) is 11.6 Å². The second-order valence-corrected chi connectivity index (χ2v) is 8.58. The van der Waals surface area contributed by atoms with E-state index >= 15 is 0 Å². The number of urea groups is 1. The second kappa shape index (κ2) is 8.96. The van der Waals surface area contributed by atoms with Gasteiger partial charge in [0.05, 0.1) is 17.3 Å². The lowest BCUT2D eigenvalue weighted by molar-refractivity contribution is 0.244. The molecule has 1 aliphatic rings. The highest BCUT2D eigenvalue weighted by Gasteiger charge is 2.36. The van der Waals surface area contributed by atoms with E-state index in [1.54, 1.807) is 56.3 Å². The monoisotopic (exact) mass is 492 g/mol. The van der Waals surface area contributed by atoms with Crippen LogP contribution in [0, 0.1) is 18.6 Å². The SMILES string of the molecule is CC1=C(c2nc(-c3cccc(F)c3)no2)C(c2cccc(Cl)c2)NC(=O)N1c1ccc(C)c(F)c1. The Kier molecular flexibility index (Phi) is 5.82. The number of halogens is 3. The summed E-state index contributed by atoms with van der Waals surface area (Å²) in [5.41, 5.74) is 2.91. The lowest BCUT2D eigenvalue weighted by Gasteiger charge is -2.35. The minimum atomic E-state index is -0.673. The van der Waals surface area contributed by atoms with Crippen LogP contribution < -0.4 is 10.2 Å². The smallest absolute Gasteiger partial charge is 0.327 e. The van der Waals surface area contributed by atoms with E-state index < -0.39 is 23.7 Å². The van der Waals surface area contributed by atoms with Gasteiger partial charge in [0.25, 0.3) is 5.89 Å². The first-order valence-corrected chi connectivity index (χ1v) is 11.1. The van der Waals surface area contributed by atoms with E-state index in [4.69, 9.17) is 16.1 Å². The Bertz CT molecular complexity index is 1480. The van der Waals surface area contributed by atoms with Gasteiger partial charge >= 0.3 is 6.03 Å². The van der Waals surface area contributed by atoms with Gasteiger partial charge in [-0.2, -0.15) is 4.98 Å². The highest BCUT2D eigenvalue weighted by molar-refractivity contribution is 6.30. The molecule has 0 fully saturated rings. The van der Waals surface area contributed by atoms with Crippen molar-refractivity contribution in [1.82, 2.24) is 15.5 Å². The van der Waals surface area contributed by atoms with Crippen molar-refractivity contribution < 1.29 is 18.1 Å². The Hall–Kier alpha value is -4.04. The number of aromatic nitrogens is 2. The van der Waals surface area contributed by atoms with Crippen molar-refractivity contribution in [2.75, 3.05) is 4.90 Å². The molecule has 9 heteroatoms. The van der Waals surface area contributed by atoms with E-state index in [9.17, 15) is 13.6 Å². The molecule has 6 nitrogen and oxygen atoms in total. The van der Waals surface area contributed by atoms with E-state index in [0.717, 1.165) is 0 Å². The van der Waals surface area contributed by atoms with Crippen molar-refractivity contribution in [1.29, 1.82) is 0 Å². The number of amides is 2. The summed E-state index contributed by atoms with van der Waals surface area (Å²) in [6.45, 7) is 3.36. The van der Waals surface area contributed by atoms with Crippen LogP contribution in [0.1, 0.15) is 30.0 Å². The molecule has 35 heavy (non-hydrogen) atoms. The minimum Gasteiger partial charge on any atom is -0.334 e. The number of hydrogen-bond donors (Lipinski definition) is 1. The van der Waals surface area contributed by atoms with Gasteiger partial charge < -0.3 is 9.84 Å². The number of aryl methyl sites for hydroxylation is 1. The number of rotatable bonds is 4. The van der Waals surface area contributed by atoms with Crippen molar-refractivity contribution in [3.63, 3.8) is 0 Å². The molecular formula is C26H19ClF2N4O2. The minimum absolute atomic E-state index is 0.129. The number of allylic oxidation sites excluding steroid dienone is 1. The van der Waals surface area contributed by atoms with Crippen molar-refractivity contribution in [3.8, 4) is 11.4 Å². The third kappa shape index (κ3) is 4.28. The van der Waals surface area contributed by atoms with Gasteiger partial charge in [0.15, 0.2) is 0 Å². The molecule has 1 unspecified atom stereocenters. The fourth-order valence-electron chi connectivity index (χ4n) is 4.07. The molecular weight excluding hydrogens is 474 g/mol. The predicted molar refractivity (Wildman–Crippen MR) is 129 cm³/mol. The summed E-state index contributed by atoms with van der Waals surface area (Å²) in [6.07, 6.45) is 0. The highest BCUT2D eigenvalue weighted by Crippen LogP contribution is 2.39. The number of hydrogen-bond acceptors (Lipinski definition) is 4. The van der Waals surface area contributed by atoms with Crippen LogP contribution in [0.25, 0.3) is 17.0 Å². The lowest BCUT2D eigenvalue weighted by atomic mass is 9.94. The normalized spacial score (nSPS) is 16.0. The molecule has 5 rings (SSSR count). The van der Waals surface area contributed by atoms with Crippen LogP contribution in [0.4, 0.5) is 19.3 Å². The Balaban J connectivity index is 1.67. The van der Waals surface area contributed by atoms with E-state index in [-0.39, 0.29) is 11.7 Å². The van der Waals surface area contributed by atoms with Crippen LogP contribution in [0.3, 0.4) is 0 Å². The van der Waals surface area contributed by atoms with E-state index in [1.807, 2.05) is 6.07 Å². The van der Waals surface area contributed by atoms with Crippen molar-refractivity contribution in [3.05, 3.63) is 106 Å². The quantitative estimate of drug-likeness (QED) is 0.345. The van der Waals surface area contributed by atoms with Gasteiger partial charge in [-0.25, -0.2) is 13.6 Å². The number of anilines is 1. The van der Waals surface area contributed by atoms with Crippen molar-refractivity contribution >= 4 is 28.9 Å². The number of carbonyl (C=O) groups is 1. The van der Waals surface area contributed by atoms with E-state index in [2.05, 4.69) is 15.5 Å². The van der Waals surface area contributed by atoms with E-state index in [1.165, 1.54) is 23.1 Å². The average molecular weight is 493 g/mol. The van der Waals surface area contributed by atoms with Crippen LogP contribution >= 0.6 is 11.6 Å². The van der Waals surface area contributed by atoms with Crippen LogP contribution in [0.5, 0.6) is 0 Å². The molecule has 176 valence electrons. The van der Waals surface area contributed by atoms with Crippen LogP contribution in [-0.2, 0) is 0 Å². The maximum Gasteiger partial charge on any atom is 0.327 e. The third-order valence-electron chi connectivity index (χ3n) is 5.82. The fraction of sp³-hybridized carbons (Fsp3) is 0.115. The second-order valence-electron chi connectivity index (χ2n) is 8.14. The largest absolute Gasteiger partial charge is 0.334 e. The Morgan fingerprint density at radius 1 is 1.03 bits per heavy atom. The van der Waals surface area contributed by atoms with Gasteiger partial charge in [-0.05, 0) is 61.4 Å². The summed E-state index contributed by atoms with van der Waals surface area (Å²) in [5, 5.41) is 7.45. The summed E-state index contributed by atoms with van der Waals surface area (Å²) in [4.78, 5) is 19.1. The first kappa shape index (κ1) is 22.7. The van der Waals surface area contributed by atoms with Gasteiger partial charge in [-0.15, -0.1) is 0 Å². The molecule has 0 bridgehead atoms. The summed E-state index contributed by atoms with van der Waals surface area (Å²) < 4.78 is 33.7. The van der Waals surface area contributed by atoms with Crippen LogP contribution in [0.2, 0.25) is 5.02 Å². The predicted octanol–water partition coefficient (Wildman–Crippen LogP) is 6.68. The van der Waals surface area contributed by atoms with Crippen LogP contribution in [0.15, 0.2) is 77.0 Å². The molecule has 0 aliphatic carbocycles. The standard InChI is InChI=1S/C26H19ClF2N4O2/c1-14-9-10-20(13-21(14)29)33-15(2)22(23(30-26(33)34)16-5-3-7-18(27)11-16)25-31-24(32-35-25)17-6-4-8-19(28)12-17/h3-13,23H,1-2H3,(H,30,34). The van der Waals surface area contributed by atoms with Crippen molar-refractivity contribution in [2.24, 2.45) is 0 Å². The Morgan fingerprint density at radius 2 is 1.83 bits per heavy atom. The first-order valence-electron chi connectivity index (χ1n) is 10.7. The molecule has 1 aromatic heterocycles. The zero-order valence-corrected chi connectivity index (χ0v) is 19.5. The zero-order chi connectivity index (χ0) is 24.7. The van der Waals surface area contributed by atoms with Gasteiger partial charge in [-0.3, -0.25) is 4.90 Å². The Labute approximate surface area is 204 Å². The third-order valence-corrected chi connectivity index (χ3v) is 6.05. The molecule has 1 aliphatic heterocycles. The average Bonchev–Trinajstić information content (AvgIpc) is 3.31. The summed E-state index contributed by atoms with van der Waals surface area (Å²) in [5.74, 6) is -0.551. The maximum atomic E-state index is 14.4. The molecule has 2 amide bonds. The lowest BCUT2D eigenvalue weighted by Crippen LogP contribution is -2.46. The molecule has 2 heterocycles. The molecule has 0 radical (unpaired) electrons. The number of carbonyl (C=O) groups excluding carboxylic acids is 1. The van der Waals surface area contributed by atoms with Gasteiger partial charge in [0, 0.05) is 16.3 Å². The molecule has 0 spiro atoms. The summed E-state index contributed by atoms with van der Waals surface area (Å²) in [6, 6.07) is 16.3. The topological polar surface area (TPSA) is 71.3 Å². The zero-order valence-electron chi connectivity index (χ0n) is 18.7. The number of nitrogens with one attached hydrogen (secondary N) is 1.